The number of aliphatic hydroxyl groups excluding tert-OH is 2. The van der Waals surface area contributed by atoms with Gasteiger partial charge in [0.05, 0.1) is 45.5 Å². The Hall–Kier alpha value is -7.07. The van der Waals surface area contributed by atoms with E-state index in [0.29, 0.717) is 18.2 Å². The zero-order valence-corrected chi connectivity index (χ0v) is 36.9. The number of ether oxygens (including phenoxy) is 2. The molecule has 27 nitrogen and oxygen atoms in total. The average Bonchev–Trinajstić information content (AvgIpc) is 3.53. The number of aromatic nitrogens is 2. The molecule has 0 spiro atoms. The van der Waals surface area contributed by atoms with Gasteiger partial charge in [-0.25, -0.2) is 4.68 Å². The van der Waals surface area contributed by atoms with Crippen molar-refractivity contribution >= 4 is 85.4 Å². The number of aliphatic hydroxyl groups is 2. The maximum absolute atomic E-state index is 13.2. The van der Waals surface area contributed by atoms with E-state index in [1.165, 1.54) is 25.1 Å². The summed E-state index contributed by atoms with van der Waals surface area (Å²) in [5.41, 5.74) is -3.05. The van der Waals surface area contributed by atoms with Gasteiger partial charge in [-0.3, -0.25) is 28.1 Å². The largest absolute Gasteiger partial charge is 0.507 e. The number of fused-ring (bicyclic) bond motifs is 1. The number of nitrogens with zero attached hydrogens (tertiary/aromatic N) is 7. The number of H-pyrrole nitrogens is 1. The van der Waals surface area contributed by atoms with Gasteiger partial charge in [0.2, 0.25) is 0 Å². The quantitative estimate of drug-likeness (QED) is 0.0428. The van der Waals surface area contributed by atoms with E-state index in [1.54, 1.807) is 0 Å². The zero-order valence-electron chi connectivity index (χ0n) is 33.6. The molecule has 0 unspecified atom stereocenters. The lowest BCUT2D eigenvalue weighted by atomic mass is 10.1. The molecule has 31 heteroatoms. The van der Waals surface area contributed by atoms with Gasteiger partial charge in [-0.2, -0.15) is 38.8 Å². The number of nitrogens with one attached hydrogen (secondary N) is 1. The van der Waals surface area contributed by atoms with Gasteiger partial charge in [0.15, 0.2) is 11.4 Å². The Balaban J connectivity index is 1.39. The Morgan fingerprint density at radius 3 is 1.66 bits per heavy atom. The topological polar surface area (TPSA) is 429 Å². The van der Waals surface area contributed by atoms with Gasteiger partial charge < -0.3 is 29.9 Å². The first-order chi connectivity index (χ1) is 31.3. The Kier molecular flexibility index (Phi) is 14.0. The smallest absolute Gasteiger partial charge is 0.299 e. The lowest BCUT2D eigenvalue weighted by Gasteiger charge is -2.13. The van der Waals surface area contributed by atoms with Gasteiger partial charge >= 0.3 is 0 Å². The van der Waals surface area contributed by atoms with Crippen LogP contribution in [-0.2, 0) is 40.5 Å². The van der Waals surface area contributed by atoms with Crippen LogP contribution in [0.5, 0.6) is 23.0 Å². The Bertz CT molecular complexity index is 3560. The molecule has 5 aromatic carbocycles. The van der Waals surface area contributed by atoms with Crippen LogP contribution in [-0.4, -0.2) is 109 Å². The Labute approximate surface area is 376 Å². The van der Waals surface area contributed by atoms with Crippen LogP contribution in [0.15, 0.2) is 128 Å². The van der Waals surface area contributed by atoms with Gasteiger partial charge in [0, 0.05) is 18.2 Å². The summed E-state index contributed by atoms with van der Waals surface area (Å²) in [6, 6.07) is 11.5. The number of aryl methyl sites for hydroxylation is 1. The highest BCUT2D eigenvalue weighted by atomic mass is 32.2. The van der Waals surface area contributed by atoms with Gasteiger partial charge in [-0.1, -0.05) is 0 Å². The van der Waals surface area contributed by atoms with Crippen molar-refractivity contribution in [2.75, 3.05) is 26.4 Å². The third kappa shape index (κ3) is 11.1. The molecule has 6 rings (SSSR count). The first-order valence-corrected chi connectivity index (χ1v) is 24.0. The lowest BCUT2D eigenvalue weighted by Crippen LogP contribution is -2.14. The van der Waals surface area contributed by atoms with E-state index < -0.39 is 126 Å². The van der Waals surface area contributed by atoms with E-state index in [4.69, 9.17) is 9.47 Å². The van der Waals surface area contributed by atoms with Gasteiger partial charge in [0.1, 0.15) is 63.0 Å². The number of phenolic OH excluding ortho intramolecular Hbond substituents is 2. The number of hydrogen-bond acceptors (Lipinski definition) is 21. The molecule has 0 radical (unpaired) electrons. The minimum Gasteiger partial charge on any atom is -0.507 e. The van der Waals surface area contributed by atoms with Crippen molar-refractivity contribution in [3.05, 3.63) is 88.8 Å². The molecule has 0 atom stereocenters. The van der Waals surface area contributed by atoms with E-state index in [-0.39, 0.29) is 45.6 Å². The molecule has 0 aliphatic rings. The number of rotatable bonds is 17. The molecule has 0 aliphatic carbocycles. The molecule has 0 fully saturated rings. The number of phenols is 2. The van der Waals surface area contributed by atoms with Gasteiger partial charge in [-0.05, 0) is 66.9 Å². The minimum absolute atomic E-state index is 0.154. The normalized spacial score (nSPS) is 12.8. The lowest BCUT2D eigenvalue weighted by molar-refractivity contribution is 0.198. The van der Waals surface area contributed by atoms with E-state index in [2.05, 4.69) is 35.8 Å². The molecule has 0 saturated heterocycles. The summed E-state index contributed by atoms with van der Waals surface area (Å²) in [7, 11) is -19.9. The second-order valence-electron chi connectivity index (χ2n) is 13.4. The first-order valence-electron chi connectivity index (χ1n) is 18.2. The highest BCUT2D eigenvalue weighted by Gasteiger charge is 2.26. The van der Waals surface area contributed by atoms with Crippen LogP contribution >= 0.6 is 0 Å². The van der Waals surface area contributed by atoms with Crippen molar-refractivity contribution in [3.63, 3.8) is 0 Å². The maximum atomic E-state index is 13.2. The van der Waals surface area contributed by atoms with Crippen molar-refractivity contribution in [2.45, 2.75) is 26.5 Å². The standard InChI is InChI=1S/C36H32N8O19S4/c1-18-33(36(49)44(43-18)21-3-5-22(6-4-21)64(50,51)52)41-37-20-2-7-24(30(14-20)66(56,57)58)38-39-25-16-29(63-11-9-46)26(17-28(25)62-10-8-45)40-42-34-31(67(59,60)61)13-19-12-23(65(53,54)55)15-27(47)32(19)35(34)48/h2-7,12-17,43,45-48H,8-11H2,1H3,(H,50,51,52)(H,53,54,55)(H,56,57,58)(H,59,60,61). The molecule has 1 aromatic heterocycles. The van der Waals surface area contributed by atoms with E-state index >= 15 is 0 Å². The second kappa shape index (κ2) is 19.0. The molecule has 0 saturated carbocycles. The second-order valence-corrected chi connectivity index (χ2v) is 19.0. The average molecular weight is 1010 g/mol. The molecular formula is C36H32N8O19S4. The molecule has 354 valence electrons. The zero-order chi connectivity index (χ0) is 49.2. The third-order valence-corrected chi connectivity index (χ3v) is 12.3. The number of hydrogen-bond donors (Lipinski definition) is 9. The van der Waals surface area contributed by atoms with E-state index in [9.17, 15) is 77.1 Å². The fraction of sp³-hybridized carbons (Fsp3) is 0.139. The summed E-state index contributed by atoms with van der Waals surface area (Å²) in [6.07, 6.45) is 0. The number of aromatic amines is 1. The molecule has 9 N–H and O–H groups in total. The van der Waals surface area contributed by atoms with Crippen LogP contribution in [0.3, 0.4) is 0 Å². The summed E-state index contributed by atoms with van der Waals surface area (Å²) < 4.78 is 147. The minimum atomic E-state index is -5.31. The molecule has 67 heavy (non-hydrogen) atoms. The SMILES string of the molecule is Cc1[nH]n(-c2ccc(S(=O)(=O)O)cc2)c(=O)c1N=Nc1ccc(N=Nc2cc(OCCO)c(N=Nc3c(S(=O)(=O)O)cc4cc(S(=O)(=O)O)cc(O)c4c3O)cc2OCCO)c(S(=O)(=O)O)c1. The van der Waals surface area contributed by atoms with Crippen LogP contribution in [0.25, 0.3) is 16.5 Å². The first kappa shape index (κ1) is 49.4. The molecular weight excluding hydrogens is 977 g/mol. The third-order valence-electron chi connectivity index (χ3n) is 8.86. The molecule has 0 aliphatic heterocycles. The maximum Gasteiger partial charge on any atom is 0.299 e. The Morgan fingerprint density at radius 1 is 0.582 bits per heavy atom. The van der Waals surface area contributed by atoms with Crippen molar-refractivity contribution in [1.29, 1.82) is 0 Å². The molecule has 0 bridgehead atoms. The summed E-state index contributed by atoms with van der Waals surface area (Å²) in [6.45, 7) is -0.559. The number of aromatic hydroxyl groups is 2. The van der Waals surface area contributed by atoms with Crippen molar-refractivity contribution in [2.24, 2.45) is 30.7 Å². The fourth-order valence-corrected chi connectivity index (χ4v) is 8.21. The van der Waals surface area contributed by atoms with Crippen molar-refractivity contribution in [3.8, 4) is 28.7 Å². The van der Waals surface area contributed by atoms with Gasteiger partial charge in [0.25, 0.3) is 46.0 Å². The van der Waals surface area contributed by atoms with Crippen LogP contribution in [0.1, 0.15) is 5.69 Å². The van der Waals surface area contributed by atoms with E-state index in [0.717, 1.165) is 41.1 Å². The molecule has 6 aromatic rings. The summed E-state index contributed by atoms with van der Waals surface area (Å²) in [5.74, 6) is -2.72. The van der Waals surface area contributed by atoms with Gasteiger partial charge in [-0.15, -0.1) is 25.6 Å². The predicted octanol–water partition coefficient (Wildman–Crippen LogP) is 5.01. The van der Waals surface area contributed by atoms with Crippen molar-refractivity contribution in [1.82, 2.24) is 9.78 Å². The number of benzene rings is 5. The van der Waals surface area contributed by atoms with E-state index in [1.807, 2.05) is 0 Å². The fourth-order valence-electron chi connectivity index (χ4n) is 5.90. The molecule has 1 heterocycles. The summed E-state index contributed by atoms with van der Waals surface area (Å²) in [4.78, 5) is 9.83. The summed E-state index contributed by atoms with van der Waals surface area (Å²) in [5, 5.41) is 65.6. The van der Waals surface area contributed by atoms with Crippen LogP contribution in [0.4, 0.5) is 34.1 Å². The van der Waals surface area contributed by atoms with Crippen LogP contribution in [0, 0.1) is 6.92 Å². The predicted molar refractivity (Wildman–Crippen MR) is 228 cm³/mol. The summed E-state index contributed by atoms with van der Waals surface area (Å²) >= 11 is 0. The van der Waals surface area contributed by atoms with Crippen LogP contribution in [0.2, 0.25) is 0 Å². The molecule has 0 amide bonds. The highest BCUT2D eigenvalue weighted by molar-refractivity contribution is 7.86. The van der Waals surface area contributed by atoms with Crippen LogP contribution < -0.4 is 15.0 Å². The van der Waals surface area contributed by atoms with Crippen molar-refractivity contribution < 1.29 is 81.8 Å². The Morgan fingerprint density at radius 2 is 1.12 bits per heavy atom. The number of azo groups is 3. The monoisotopic (exact) mass is 1010 g/mol. The highest BCUT2D eigenvalue weighted by Crippen LogP contribution is 2.47.